The van der Waals surface area contributed by atoms with Gasteiger partial charge in [0.1, 0.15) is 15.7 Å². The number of fused-ring (bicyclic) bond motifs is 3. The van der Waals surface area contributed by atoms with Crippen LogP contribution in [0.4, 0.5) is 0 Å². The summed E-state index contributed by atoms with van der Waals surface area (Å²) in [6, 6.07) is 0.372. The van der Waals surface area contributed by atoms with Gasteiger partial charge in [0, 0.05) is 16.3 Å². The first kappa shape index (κ1) is 17.3. The predicted octanol–water partition coefficient (Wildman–Crippen LogP) is 4.42. The van der Waals surface area contributed by atoms with Crippen LogP contribution < -0.4 is 5.32 Å². The van der Waals surface area contributed by atoms with Crippen LogP contribution in [0, 0.1) is 6.92 Å². The summed E-state index contributed by atoms with van der Waals surface area (Å²) in [5.74, 6) is 0.947. The normalized spacial score (nSPS) is 19.1. The molecule has 134 valence electrons. The molecule has 0 aliphatic heterocycles. The van der Waals surface area contributed by atoms with Crippen LogP contribution in [0.2, 0.25) is 0 Å². The van der Waals surface area contributed by atoms with Crippen LogP contribution in [-0.2, 0) is 17.6 Å². The lowest BCUT2D eigenvalue weighted by molar-refractivity contribution is -0.120. The van der Waals surface area contributed by atoms with Gasteiger partial charge >= 0.3 is 0 Å². The van der Waals surface area contributed by atoms with Gasteiger partial charge in [-0.1, -0.05) is 24.6 Å². The highest BCUT2D eigenvalue weighted by Crippen LogP contribution is 2.40. The number of nitrogens with zero attached hydrogens (tertiary/aromatic N) is 2. The van der Waals surface area contributed by atoms with Gasteiger partial charge in [0.25, 0.3) is 0 Å². The number of hydrogen-bond acceptors (Lipinski definition) is 5. The fraction of sp³-hybridized carbons (Fsp3) is 0.632. The molecule has 0 radical (unpaired) electrons. The van der Waals surface area contributed by atoms with E-state index in [-0.39, 0.29) is 11.2 Å². The van der Waals surface area contributed by atoms with Gasteiger partial charge in [-0.25, -0.2) is 9.97 Å². The Hall–Kier alpha value is -1.14. The number of carbonyl (C=O) groups is 1. The van der Waals surface area contributed by atoms with Gasteiger partial charge in [-0.05, 0) is 57.9 Å². The van der Waals surface area contributed by atoms with Crippen molar-refractivity contribution in [3.05, 3.63) is 16.3 Å². The molecule has 1 atom stereocenters. The fourth-order valence-corrected chi connectivity index (χ4v) is 6.32. The van der Waals surface area contributed by atoms with Gasteiger partial charge in [0.2, 0.25) is 5.91 Å². The third-order valence-electron chi connectivity index (χ3n) is 5.25. The predicted molar refractivity (Wildman–Crippen MR) is 105 cm³/mol. The Labute approximate surface area is 157 Å². The van der Waals surface area contributed by atoms with E-state index in [1.807, 2.05) is 25.2 Å². The number of thioether (sulfide) groups is 1. The molecule has 2 heterocycles. The maximum absolute atomic E-state index is 12.6. The summed E-state index contributed by atoms with van der Waals surface area (Å²) in [5, 5.41) is 5.30. The van der Waals surface area contributed by atoms with Gasteiger partial charge in [-0.15, -0.1) is 11.3 Å². The summed E-state index contributed by atoms with van der Waals surface area (Å²) >= 11 is 3.42. The maximum Gasteiger partial charge on any atom is 0.233 e. The minimum absolute atomic E-state index is 0.128. The standard InChI is InChI=1S/C19H25N3OS2/c1-11(17(23)22-13-7-3-4-8-13)24-18-16-14-9-5-6-10-15(14)25-19(16)21-12(2)20-18/h11,13H,3-10H2,1-2H3,(H,22,23). The molecule has 0 aromatic carbocycles. The van der Waals surface area contributed by atoms with Gasteiger partial charge in [0.15, 0.2) is 0 Å². The van der Waals surface area contributed by atoms with E-state index in [4.69, 9.17) is 4.98 Å². The summed E-state index contributed by atoms with van der Waals surface area (Å²) in [5.41, 5.74) is 1.44. The molecule has 0 bridgehead atoms. The largest absolute Gasteiger partial charge is 0.352 e. The minimum atomic E-state index is -0.128. The van der Waals surface area contributed by atoms with Crippen molar-refractivity contribution in [2.45, 2.75) is 81.5 Å². The van der Waals surface area contributed by atoms with Gasteiger partial charge in [-0.2, -0.15) is 0 Å². The number of hydrogen-bond donors (Lipinski definition) is 1. The molecule has 4 rings (SSSR count). The zero-order chi connectivity index (χ0) is 17.4. The number of aromatic nitrogens is 2. The molecule has 4 nitrogen and oxygen atoms in total. The summed E-state index contributed by atoms with van der Waals surface area (Å²) in [7, 11) is 0. The number of aryl methyl sites for hydroxylation is 3. The van der Waals surface area contributed by atoms with Crippen molar-refractivity contribution in [2.75, 3.05) is 0 Å². The van der Waals surface area contributed by atoms with E-state index in [1.54, 1.807) is 11.8 Å². The molecule has 0 spiro atoms. The first-order valence-electron chi connectivity index (χ1n) is 9.37. The molecule has 0 saturated heterocycles. The van der Waals surface area contributed by atoms with Crippen molar-refractivity contribution in [1.29, 1.82) is 0 Å². The highest BCUT2D eigenvalue weighted by Gasteiger charge is 2.25. The highest BCUT2D eigenvalue weighted by atomic mass is 32.2. The fourth-order valence-electron chi connectivity index (χ4n) is 3.92. The smallest absolute Gasteiger partial charge is 0.233 e. The monoisotopic (exact) mass is 375 g/mol. The van der Waals surface area contributed by atoms with Crippen LogP contribution in [-0.4, -0.2) is 27.2 Å². The van der Waals surface area contributed by atoms with Gasteiger partial charge < -0.3 is 5.32 Å². The van der Waals surface area contributed by atoms with Crippen LogP contribution in [0.15, 0.2) is 5.03 Å². The third-order valence-corrected chi connectivity index (χ3v) is 7.52. The summed E-state index contributed by atoms with van der Waals surface area (Å²) in [6.07, 6.45) is 9.52. The molecule has 25 heavy (non-hydrogen) atoms. The van der Waals surface area contributed by atoms with E-state index in [1.165, 1.54) is 41.5 Å². The lowest BCUT2D eigenvalue weighted by Gasteiger charge is -2.17. The van der Waals surface area contributed by atoms with Crippen molar-refractivity contribution in [3.8, 4) is 0 Å². The highest BCUT2D eigenvalue weighted by molar-refractivity contribution is 8.00. The van der Waals surface area contributed by atoms with Crippen molar-refractivity contribution in [2.24, 2.45) is 0 Å². The molecule has 1 amide bonds. The molecule has 2 aromatic rings. The van der Waals surface area contributed by atoms with E-state index in [9.17, 15) is 4.79 Å². The van der Waals surface area contributed by atoms with Crippen LogP contribution in [0.25, 0.3) is 10.2 Å². The molecule has 1 fully saturated rings. The molecule has 2 aliphatic carbocycles. The average Bonchev–Trinajstić information content (AvgIpc) is 3.21. The third kappa shape index (κ3) is 3.56. The van der Waals surface area contributed by atoms with E-state index >= 15 is 0 Å². The second kappa shape index (κ2) is 7.23. The number of amides is 1. The minimum Gasteiger partial charge on any atom is -0.352 e. The Kier molecular flexibility index (Phi) is 5.00. The van der Waals surface area contributed by atoms with Gasteiger partial charge in [-0.3, -0.25) is 4.79 Å². The average molecular weight is 376 g/mol. The zero-order valence-corrected chi connectivity index (χ0v) is 16.6. The molecular weight excluding hydrogens is 350 g/mol. The number of rotatable bonds is 4. The van der Waals surface area contributed by atoms with Crippen LogP contribution >= 0.6 is 23.1 Å². The SMILES string of the molecule is Cc1nc(SC(C)C(=O)NC2CCCC2)c2c3c(sc2n1)CCCC3. The van der Waals surface area contributed by atoms with E-state index in [2.05, 4.69) is 10.3 Å². The van der Waals surface area contributed by atoms with Crippen molar-refractivity contribution in [1.82, 2.24) is 15.3 Å². The zero-order valence-electron chi connectivity index (χ0n) is 14.9. The topological polar surface area (TPSA) is 54.9 Å². The van der Waals surface area contributed by atoms with Crippen molar-refractivity contribution < 1.29 is 4.79 Å². The Morgan fingerprint density at radius 3 is 2.76 bits per heavy atom. The maximum atomic E-state index is 12.6. The second-order valence-electron chi connectivity index (χ2n) is 7.22. The molecule has 1 N–H and O–H groups in total. The summed E-state index contributed by atoms with van der Waals surface area (Å²) in [6.45, 7) is 3.95. The molecule has 1 saturated carbocycles. The summed E-state index contributed by atoms with van der Waals surface area (Å²) < 4.78 is 0. The Morgan fingerprint density at radius 1 is 1.20 bits per heavy atom. The number of carbonyl (C=O) groups excluding carboxylic acids is 1. The van der Waals surface area contributed by atoms with Gasteiger partial charge in [0.05, 0.1) is 5.25 Å². The Bertz CT molecular complexity index is 796. The first-order valence-corrected chi connectivity index (χ1v) is 11.1. The Balaban J connectivity index is 1.59. The Morgan fingerprint density at radius 2 is 1.96 bits per heavy atom. The van der Waals surface area contributed by atoms with Crippen LogP contribution in [0.3, 0.4) is 0 Å². The lowest BCUT2D eigenvalue weighted by atomic mass is 9.97. The second-order valence-corrected chi connectivity index (χ2v) is 9.63. The molecule has 6 heteroatoms. The molecule has 1 unspecified atom stereocenters. The quantitative estimate of drug-likeness (QED) is 0.635. The van der Waals surface area contributed by atoms with E-state index < -0.39 is 0 Å². The molecule has 2 aromatic heterocycles. The van der Waals surface area contributed by atoms with E-state index in [0.717, 1.165) is 41.4 Å². The first-order chi connectivity index (χ1) is 12.1. The number of nitrogens with one attached hydrogen (secondary N) is 1. The summed E-state index contributed by atoms with van der Waals surface area (Å²) in [4.78, 5) is 24.5. The van der Waals surface area contributed by atoms with Crippen LogP contribution in [0.1, 0.15) is 61.7 Å². The lowest BCUT2D eigenvalue weighted by Crippen LogP contribution is -2.37. The number of thiophene rings is 1. The van der Waals surface area contributed by atoms with E-state index in [0.29, 0.717) is 6.04 Å². The van der Waals surface area contributed by atoms with Crippen molar-refractivity contribution >= 4 is 39.2 Å². The van der Waals surface area contributed by atoms with Crippen molar-refractivity contribution in [3.63, 3.8) is 0 Å². The molecular formula is C19H25N3OS2. The van der Waals surface area contributed by atoms with Crippen LogP contribution in [0.5, 0.6) is 0 Å². The molecule has 2 aliphatic rings.